The number of nitrogens with one attached hydrogen (secondary N) is 1. The molecular formula is C36H36F2N3NaO6. The number of carboxylic acid groups (broad SMARTS) is 1. The van der Waals surface area contributed by atoms with Crippen molar-refractivity contribution in [1.29, 1.82) is 0 Å². The van der Waals surface area contributed by atoms with E-state index in [2.05, 4.69) is 5.32 Å². The van der Waals surface area contributed by atoms with Gasteiger partial charge in [-0.15, -0.1) is 0 Å². The summed E-state index contributed by atoms with van der Waals surface area (Å²) in [5.41, 5.74) is 3.37. The van der Waals surface area contributed by atoms with E-state index in [4.69, 9.17) is 0 Å². The maximum atomic E-state index is 14.3. The Bertz CT molecular complexity index is 1770. The van der Waals surface area contributed by atoms with E-state index in [1.54, 1.807) is 61.1 Å². The fourth-order valence-corrected chi connectivity index (χ4v) is 5.32. The van der Waals surface area contributed by atoms with E-state index in [0.29, 0.717) is 39.2 Å². The van der Waals surface area contributed by atoms with Gasteiger partial charge in [0.15, 0.2) is 0 Å². The molecule has 0 aliphatic rings. The molecule has 0 bridgehead atoms. The number of hydrogen-bond donors (Lipinski definition) is 3. The van der Waals surface area contributed by atoms with Crippen LogP contribution in [0.25, 0.3) is 28.3 Å². The number of carboxylic acids is 1. The van der Waals surface area contributed by atoms with E-state index in [1.165, 1.54) is 47.4 Å². The van der Waals surface area contributed by atoms with Gasteiger partial charge in [-0.2, -0.15) is 0 Å². The van der Waals surface area contributed by atoms with Crippen LogP contribution in [0, 0.1) is 11.6 Å². The Hall–Kier alpha value is -4.13. The molecule has 1 heterocycles. The molecule has 0 fully saturated rings. The number of aromatic nitrogens is 1. The number of benzene rings is 3. The Labute approximate surface area is 299 Å². The normalized spacial score (nSPS) is 12.4. The Morgan fingerprint density at radius 2 is 1.40 bits per heavy atom. The van der Waals surface area contributed by atoms with Crippen molar-refractivity contribution in [2.75, 3.05) is 19.4 Å². The van der Waals surface area contributed by atoms with Crippen LogP contribution in [0.15, 0.2) is 78.9 Å². The minimum Gasteiger partial charge on any atom is -0.550 e. The molecule has 2 amide bonds. The van der Waals surface area contributed by atoms with Crippen molar-refractivity contribution >= 4 is 29.5 Å². The van der Waals surface area contributed by atoms with Crippen LogP contribution in [0.4, 0.5) is 14.5 Å². The number of aliphatic hydroxyl groups is 2. The van der Waals surface area contributed by atoms with Crippen molar-refractivity contribution in [3.8, 4) is 22.3 Å². The molecular weight excluding hydrogens is 631 g/mol. The summed E-state index contributed by atoms with van der Waals surface area (Å²) in [6, 6.07) is 17.2. The van der Waals surface area contributed by atoms with Gasteiger partial charge in [0.25, 0.3) is 11.8 Å². The van der Waals surface area contributed by atoms with Crippen molar-refractivity contribution in [3.63, 3.8) is 0 Å². The van der Waals surface area contributed by atoms with E-state index in [1.807, 2.05) is 13.8 Å². The third-order valence-electron chi connectivity index (χ3n) is 7.43. The van der Waals surface area contributed by atoms with Gasteiger partial charge in [-0.1, -0.05) is 30.3 Å². The molecule has 3 aromatic carbocycles. The maximum Gasteiger partial charge on any atom is 1.00 e. The van der Waals surface area contributed by atoms with Gasteiger partial charge in [0, 0.05) is 67.0 Å². The largest absolute Gasteiger partial charge is 1.00 e. The van der Waals surface area contributed by atoms with Gasteiger partial charge in [-0.25, -0.2) is 8.78 Å². The number of aliphatic hydroxyl groups excluding tert-OH is 2. The summed E-state index contributed by atoms with van der Waals surface area (Å²) in [5.74, 6) is -3.16. The standard InChI is InChI=1S/C36H37F2N3O6.Na/c1-21(2)41-30(18-17-28(42)19-29(43)20-31(44)45)32(22-5-11-25(37)12-6-22)33(23-7-13-26(38)14-8-23)34(41)35(46)39-27-15-9-24(10-16-27)36(47)40(3)4;/h5-18,21,28-29,42-43H,19-20H2,1-4H3,(H,39,46)(H,44,45);/q;+1/p-1/t28-,29-;/m1./s1. The van der Waals surface area contributed by atoms with Gasteiger partial charge < -0.3 is 34.9 Å². The summed E-state index contributed by atoms with van der Waals surface area (Å²) in [5, 5.41) is 34.5. The van der Waals surface area contributed by atoms with Crippen molar-refractivity contribution in [2.45, 2.75) is 44.9 Å². The number of rotatable bonds is 12. The number of halogens is 2. The Kier molecular flexibility index (Phi) is 13.4. The molecule has 0 spiro atoms. The monoisotopic (exact) mass is 667 g/mol. The van der Waals surface area contributed by atoms with Crippen LogP contribution in [0.2, 0.25) is 0 Å². The van der Waals surface area contributed by atoms with Crippen molar-refractivity contribution in [3.05, 3.63) is 107 Å². The third-order valence-corrected chi connectivity index (χ3v) is 7.43. The summed E-state index contributed by atoms with van der Waals surface area (Å²) in [4.78, 5) is 39.0. The average Bonchev–Trinajstić information content (AvgIpc) is 3.36. The Morgan fingerprint density at radius 1 is 0.875 bits per heavy atom. The second kappa shape index (κ2) is 16.8. The van der Waals surface area contributed by atoms with Gasteiger partial charge in [0.1, 0.15) is 17.3 Å². The first kappa shape index (κ1) is 38.3. The van der Waals surface area contributed by atoms with Gasteiger partial charge >= 0.3 is 29.6 Å². The average molecular weight is 668 g/mol. The molecule has 12 heteroatoms. The van der Waals surface area contributed by atoms with Crippen molar-refractivity contribution < 1.29 is 68.0 Å². The van der Waals surface area contributed by atoms with E-state index in [0.717, 1.165) is 0 Å². The van der Waals surface area contributed by atoms with Gasteiger partial charge in [-0.05, 0) is 79.6 Å². The van der Waals surface area contributed by atoms with E-state index in [-0.39, 0.29) is 53.6 Å². The minimum atomic E-state index is -1.46. The first-order chi connectivity index (χ1) is 22.3. The van der Waals surface area contributed by atoms with Gasteiger partial charge in [0.2, 0.25) is 0 Å². The molecule has 4 rings (SSSR count). The van der Waals surface area contributed by atoms with Crippen LogP contribution in [0.1, 0.15) is 59.3 Å². The number of amides is 2. The smallest absolute Gasteiger partial charge is 0.550 e. The molecule has 0 radical (unpaired) electrons. The molecule has 48 heavy (non-hydrogen) atoms. The van der Waals surface area contributed by atoms with Gasteiger partial charge in [-0.3, -0.25) is 9.59 Å². The second-order valence-corrected chi connectivity index (χ2v) is 11.6. The topological polar surface area (TPSA) is 135 Å². The molecule has 0 saturated carbocycles. The zero-order valence-corrected chi connectivity index (χ0v) is 29.4. The van der Waals surface area contributed by atoms with Crippen LogP contribution < -0.4 is 40.0 Å². The van der Waals surface area contributed by atoms with Crippen LogP contribution in [0.5, 0.6) is 0 Å². The predicted octanol–water partition coefficient (Wildman–Crippen LogP) is 1.90. The number of nitrogens with zero attached hydrogens (tertiary/aromatic N) is 2. The van der Waals surface area contributed by atoms with Crippen LogP contribution in [-0.2, 0) is 4.79 Å². The first-order valence-corrected chi connectivity index (χ1v) is 14.9. The zero-order chi connectivity index (χ0) is 34.4. The van der Waals surface area contributed by atoms with Gasteiger partial charge in [0.05, 0.1) is 12.2 Å². The summed E-state index contributed by atoms with van der Waals surface area (Å²) < 4.78 is 29.9. The zero-order valence-electron chi connectivity index (χ0n) is 27.4. The molecule has 246 valence electrons. The maximum absolute atomic E-state index is 14.3. The van der Waals surface area contributed by atoms with Crippen molar-refractivity contribution in [1.82, 2.24) is 9.47 Å². The molecule has 0 aliphatic heterocycles. The molecule has 4 aromatic rings. The molecule has 9 nitrogen and oxygen atoms in total. The summed E-state index contributed by atoms with van der Waals surface area (Å²) >= 11 is 0. The Morgan fingerprint density at radius 3 is 1.88 bits per heavy atom. The first-order valence-electron chi connectivity index (χ1n) is 14.9. The number of hydrogen-bond acceptors (Lipinski definition) is 6. The molecule has 1 aromatic heterocycles. The SMILES string of the molecule is CC(C)n1c(C=C[C@@H](O)C[C@@H](O)CC(=O)[O-])c(-c2ccc(F)cc2)c(-c2ccc(F)cc2)c1C(=O)Nc1ccc(C(=O)N(C)C)cc1.[Na+]. The van der Waals surface area contributed by atoms with E-state index < -0.39 is 42.1 Å². The van der Waals surface area contributed by atoms with Crippen LogP contribution >= 0.6 is 0 Å². The van der Waals surface area contributed by atoms with Crippen molar-refractivity contribution in [2.24, 2.45) is 0 Å². The van der Waals surface area contributed by atoms with Crippen LogP contribution in [-0.4, -0.2) is 63.8 Å². The quantitative estimate of drug-likeness (QED) is 0.198. The summed E-state index contributed by atoms with van der Waals surface area (Å²) in [6.07, 6.45) is -0.642. The number of anilines is 1. The molecule has 3 N–H and O–H groups in total. The Balaban J connectivity index is 0.00000625. The molecule has 0 unspecified atom stereocenters. The van der Waals surface area contributed by atoms with E-state index >= 15 is 0 Å². The molecule has 0 aliphatic carbocycles. The minimum absolute atomic E-state index is 0. The summed E-state index contributed by atoms with van der Waals surface area (Å²) in [6.45, 7) is 3.69. The number of aliphatic carboxylic acids is 1. The fourth-order valence-electron chi connectivity index (χ4n) is 5.32. The second-order valence-electron chi connectivity index (χ2n) is 11.6. The fraction of sp³-hybridized carbons (Fsp3) is 0.250. The predicted molar refractivity (Wildman–Crippen MR) is 173 cm³/mol. The molecule has 2 atom stereocenters. The number of carbonyl (C=O) groups excluding carboxylic acids is 3. The number of carbonyl (C=O) groups is 3. The summed E-state index contributed by atoms with van der Waals surface area (Å²) in [7, 11) is 3.27. The van der Waals surface area contributed by atoms with E-state index in [9.17, 15) is 38.5 Å². The third kappa shape index (κ3) is 9.27. The molecule has 0 saturated heterocycles. The van der Waals surface area contributed by atoms with Crippen LogP contribution in [0.3, 0.4) is 0 Å².